The lowest BCUT2D eigenvalue weighted by Gasteiger charge is -2.13. The Hall–Kier alpha value is -4.73. The number of nitrogen functional groups attached to an aromatic ring is 1. The molecule has 1 aromatic carbocycles. The Kier molecular flexibility index (Phi) is 7.19. The van der Waals surface area contributed by atoms with Gasteiger partial charge >= 0.3 is 18.2 Å². The number of hydrogen-bond donors (Lipinski definition) is 6. The number of nitrogens with two attached hydrogens (primary N) is 1. The van der Waals surface area contributed by atoms with E-state index in [-0.39, 0.29) is 23.6 Å². The number of fused-ring (bicyclic) bond motifs is 1. The molecule has 0 spiro atoms. The van der Waals surface area contributed by atoms with Crippen LogP contribution in [0.3, 0.4) is 0 Å². The minimum Gasteiger partial charge on any atom is -0.475 e. The third-order valence-electron chi connectivity index (χ3n) is 5.19. The van der Waals surface area contributed by atoms with Gasteiger partial charge < -0.3 is 31.8 Å². The van der Waals surface area contributed by atoms with E-state index in [0.717, 1.165) is 25.1 Å². The molecule has 0 saturated carbocycles. The van der Waals surface area contributed by atoms with Gasteiger partial charge in [-0.2, -0.15) is 13.2 Å². The van der Waals surface area contributed by atoms with Crippen molar-refractivity contribution in [2.45, 2.75) is 18.6 Å². The molecule has 1 aliphatic heterocycles. The molecule has 13 nitrogen and oxygen atoms in total. The predicted molar refractivity (Wildman–Crippen MR) is 124 cm³/mol. The molecule has 3 aromatic heterocycles. The minimum atomic E-state index is -5.08. The molecule has 0 radical (unpaired) electrons. The van der Waals surface area contributed by atoms with Gasteiger partial charge in [-0.1, -0.05) is 30.3 Å². The topological polar surface area (TPSA) is 197 Å². The van der Waals surface area contributed by atoms with Gasteiger partial charge in [0.1, 0.15) is 5.52 Å². The van der Waals surface area contributed by atoms with Gasteiger partial charge in [-0.05, 0) is 23.3 Å². The first-order chi connectivity index (χ1) is 17.6. The Morgan fingerprint density at radius 1 is 1.16 bits per heavy atom. The van der Waals surface area contributed by atoms with Crippen molar-refractivity contribution in [1.29, 1.82) is 0 Å². The number of carboxylic acid groups (broad SMARTS) is 1. The number of carbonyl (C=O) groups excluding carboxylic acids is 1. The summed E-state index contributed by atoms with van der Waals surface area (Å²) < 4.78 is 36.4. The maximum atomic E-state index is 12.5. The third kappa shape index (κ3) is 5.92. The van der Waals surface area contributed by atoms with Crippen molar-refractivity contribution in [3.05, 3.63) is 36.5 Å². The first-order valence-corrected chi connectivity index (χ1v) is 10.7. The fourth-order valence-corrected chi connectivity index (χ4v) is 3.49. The van der Waals surface area contributed by atoms with Crippen LogP contribution in [0.2, 0.25) is 0 Å². The Bertz CT molecular complexity index is 1400. The number of aliphatic carboxylic acids is 1. The SMILES string of the molecule is Nc1nonc1-c1nc2c(NC(=O)NC3CCNC3)cnc(-c3ccccc3)c2[nH]1.O=C(O)C(F)(F)F. The van der Waals surface area contributed by atoms with Crippen LogP contribution in [-0.4, -0.2) is 67.7 Å². The van der Waals surface area contributed by atoms with Gasteiger partial charge in [0.2, 0.25) is 0 Å². The number of nitrogens with zero attached hydrogens (tertiary/aromatic N) is 4. The van der Waals surface area contributed by atoms with E-state index in [9.17, 15) is 18.0 Å². The van der Waals surface area contributed by atoms with Crippen LogP contribution >= 0.6 is 0 Å². The number of alkyl halides is 3. The number of carbonyl (C=O) groups is 2. The molecule has 1 saturated heterocycles. The van der Waals surface area contributed by atoms with E-state index >= 15 is 0 Å². The number of urea groups is 1. The van der Waals surface area contributed by atoms with Gasteiger partial charge in [0.15, 0.2) is 17.3 Å². The lowest BCUT2D eigenvalue weighted by Crippen LogP contribution is -2.39. The quantitative estimate of drug-likeness (QED) is 0.233. The highest BCUT2D eigenvalue weighted by Gasteiger charge is 2.38. The number of hydrogen-bond acceptors (Lipinski definition) is 9. The molecule has 1 unspecified atom stereocenters. The lowest BCUT2D eigenvalue weighted by molar-refractivity contribution is -0.192. The number of pyridine rings is 1. The van der Waals surface area contributed by atoms with Crippen molar-refractivity contribution in [3.63, 3.8) is 0 Å². The van der Waals surface area contributed by atoms with Gasteiger partial charge in [0.25, 0.3) is 0 Å². The summed E-state index contributed by atoms with van der Waals surface area (Å²) in [5, 5.41) is 23.5. The van der Waals surface area contributed by atoms with Crippen molar-refractivity contribution < 1.29 is 32.5 Å². The van der Waals surface area contributed by atoms with Gasteiger partial charge in [0.05, 0.1) is 23.1 Å². The number of anilines is 2. The molecular formula is C21H20F3N9O4. The van der Waals surface area contributed by atoms with E-state index in [1.165, 1.54) is 0 Å². The van der Waals surface area contributed by atoms with E-state index in [2.05, 4.69) is 41.2 Å². The molecule has 37 heavy (non-hydrogen) atoms. The first kappa shape index (κ1) is 25.4. The molecule has 0 aliphatic carbocycles. The summed E-state index contributed by atoms with van der Waals surface area (Å²) >= 11 is 0. The van der Waals surface area contributed by atoms with E-state index < -0.39 is 12.1 Å². The average molecular weight is 519 g/mol. The van der Waals surface area contributed by atoms with Gasteiger partial charge in [-0.25, -0.2) is 19.2 Å². The molecule has 1 atom stereocenters. The van der Waals surface area contributed by atoms with Crippen LogP contribution in [0.4, 0.5) is 29.5 Å². The predicted octanol–water partition coefficient (Wildman–Crippen LogP) is 2.37. The van der Waals surface area contributed by atoms with Crippen LogP contribution in [0.5, 0.6) is 0 Å². The fraction of sp³-hybridized carbons (Fsp3) is 0.238. The largest absolute Gasteiger partial charge is 0.490 e. The smallest absolute Gasteiger partial charge is 0.475 e. The first-order valence-electron chi connectivity index (χ1n) is 10.7. The van der Waals surface area contributed by atoms with Crippen molar-refractivity contribution in [3.8, 4) is 22.8 Å². The molecule has 4 heterocycles. The average Bonchev–Trinajstić information content (AvgIpc) is 3.61. The van der Waals surface area contributed by atoms with Crippen LogP contribution in [0.25, 0.3) is 33.8 Å². The second-order valence-corrected chi connectivity index (χ2v) is 7.78. The highest BCUT2D eigenvalue weighted by molar-refractivity contribution is 6.03. The van der Waals surface area contributed by atoms with Crippen molar-refractivity contribution >= 4 is 34.5 Å². The number of aromatic nitrogens is 5. The summed E-state index contributed by atoms with van der Waals surface area (Å²) in [6.07, 6.45) is -2.61. The molecule has 1 fully saturated rings. The zero-order valence-electron chi connectivity index (χ0n) is 18.8. The molecule has 0 bridgehead atoms. The Morgan fingerprint density at radius 3 is 2.49 bits per heavy atom. The zero-order chi connectivity index (χ0) is 26.6. The number of benzene rings is 1. The van der Waals surface area contributed by atoms with Crippen molar-refractivity contribution in [2.24, 2.45) is 0 Å². The summed E-state index contributed by atoms with van der Waals surface area (Å²) in [7, 11) is 0. The number of H-pyrrole nitrogens is 1. The van der Waals surface area contributed by atoms with E-state index in [4.69, 9.17) is 20.3 Å². The van der Waals surface area contributed by atoms with Crippen LogP contribution in [-0.2, 0) is 4.79 Å². The van der Waals surface area contributed by atoms with E-state index in [1.54, 1.807) is 6.20 Å². The van der Waals surface area contributed by atoms with Crippen molar-refractivity contribution in [1.82, 2.24) is 35.9 Å². The molecule has 1 aliphatic rings. The van der Waals surface area contributed by atoms with Crippen LogP contribution in [0.15, 0.2) is 41.2 Å². The number of halogens is 3. The van der Waals surface area contributed by atoms with Gasteiger partial charge in [-0.15, -0.1) is 0 Å². The number of rotatable bonds is 4. The number of imidazole rings is 1. The Morgan fingerprint density at radius 2 is 1.89 bits per heavy atom. The Balaban J connectivity index is 0.000000405. The third-order valence-corrected chi connectivity index (χ3v) is 5.19. The standard InChI is InChI=1S/C19H19N9O2.C2HF3O2/c20-17-16(27-30-28-17)18-25-14-12(24-19(29)23-11-6-7-21-8-11)9-22-13(15(14)26-18)10-4-2-1-3-5-10;3-2(4,5)1(6)7/h1-5,9,11,21H,6-8H2,(H2,20,28)(H,25,26)(H2,23,24,29);(H,6,7). The highest BCUT2D eigenvalue weighted by atomic mass is 19.4. The molecule has 2 amide bonds. The number of carboxylic acids is 1. The maximum absolute atomic E-state index is 12.5. The monoisotopic (exact) mass is 519 g/mol. The summed E-state index contributed by atoms with van der Waals surface area (Å²) in [6.45, 7) is 1.64. The second kappa shape index (κ2) is 10.5. The van der Waals surface area contributed by atoms with E-state index in [1.807, 2.05) is 30.3 Å². The van der Waals surface area contributed by atoms with Gasteiger partial charge in [-0.3, -0.25) is 4.98 Å². The second-order valence-electron chi connectivity index (χ2n) is 7.78. The summed E-state index contributed by atoms with van der Waals surface area (Å²) in [4.78, 5) is 33.7. The molecule has 5 rings (SSSR count). The maximum Gasteiger partial charge on any atom is 0.490 e. The molecule has 16 heteroatoms. The van der Waals surface area contributed by atoms with Crippen molar-refractivity contribution in [2.75, 3.05) is 24.1 Å². The zero-order valence-corrected chi connectivity index (χ0v) is 18.8. The lowest BCUT2D eigenvalue weighted by atomic mass is 10.1. The molecule has 4 aromatic rings. The summed E-state index contributed by atoms with van der Waals surface area (Å²) in [5.41, 5.74) is 9.33. The van der Waals surface area contributed by atoms with Gasteiger partial charge in [0, 0.05) is 18.2 Å². The molecular weight excluding hydrogens is 499 g/mol. The van der Waals surface area contributed by atoms with Crippen LogP contribution in [0, 0.1) is 0 Å². The number of amides is 2. The summed E-state index contributed by atoms with van der Waals surface area (Å²) in [5.74, 6) is -2.27. The Labute approximate surface area is 205 Å². The normalized spacial score (nSPS) is 15.2. The molecule has 7 N–H and O–H groups in total. The highest BCUT2D eigenvalue weighted by Crippen LogP contribution is 2.32. The number of nitrogens with one attached hydrogen (secondary N) is 4. The summed E-state index contributed by atoms with van der Waals surface area (Å²) in [6, 6.07) is 9.45. The fourth-order valence-electron chi connectivity index (χ4n) is 3.49. The minimum absolute atomic E-state index is 0.0905. The number of aromatic amines is 1. The van der Waals surface area contributed by atoms with Crippen LogP contribution < -0.4 is 21.7 Å². The van der Waals surface area contributed by atoms with Crippen LogP contribution in [0.1, 0.15) is 6.42 Å². The van der Waals surface area contributed by atoms with E-state index in [0.29, 0.717) is 28.2 Å². The molecule has 194 valence electrons.